The van der Waals surface area contributed by atoms with Gasteiger partial charge in [0.05, 0.1) is 16.8 Å². The molecule has 4 heteroatoms. The molecule has 2 rings (SSSR count). The number of rotatable bonds is 9. The lowest BCUT2D eigenvalue weighted by molar-refractivity contribution is 0.278. The maximum absolute atomic E-state index is 4.61. The van der Waals surface area contributed by atoms with E-state index in [1.54, 1.807) is 11.8 Å². The average molecular weight is 305 g/mol. The van der Waals surface area contributed by atoms with Gasteiger partial charge in [-0.2, -0.15) is 11.8 Å². The maximum atomic E-state index is 4.61. The molecule has 0 amide bonds. The van der Waals surface area contributed by atoms with E-state index in [1.807, 2.05) is 0 Å². The van der Waals surface area contributed by atoms with Crippen molar-refractivity contribution in [1.82, 2.24) is 14.9 Å². The highest BCUT2D eigenvalue weighted by atomic mass is 32.2. The van der Waals surface area contributed by atoms with E-state index < -0.39 is 0 Å². The van der Waals surface area contributed by atoms with Gasteiger partial charge in [0.25, 0.3) is 0 Å². The van der Waals surface area contributed by atoms with Crippen molar-refractivity contribution in [3.05, 3.63) is 29.6 Å². The number of benzene rings is 1. The number of aromatic nitrogens is 2. The summed E-state index contributed by atoms with van der Waals surface area (Å²) in [6.45, 7) is 8.08. The summed E-state index contributed by atoms with van der Waals surface area (Å²) in [7, 11) is 0. The third kappa shape index (κ3) is 4.75. The molecular formula is C17H27N3S. The fourth-order valence-corrected chi connectivity index (χ4v) is 3.14. The third-order valence-corrected chi connectivity index (χ3v) is 4.23. The van der Waals surface area contributed by atoms with Crippen molar-refractivity contribution >= 4 is 22.8 Å². The van der Waals surface area contributed by atoms with Crippen molar-refractivity contribution in [2.24, 2.45) is 0 Å². The molecule has 21 heavy (non-hydrogen) atoms. The number of thioether (sulfide) groups is 1. The number of aromatic amines is 1. The fraction of sp³-hybridized carbons (Fsp3) is 0.588. The molecule has 0 saturated carbocycles. The van der Waals surface area contributed by atoms with Crippen LogP contribution in [-0.2, 0) is 12.2 Å². The summed E-state index contributed by atoms with van der Waals surface area (Å²) in [4.78, 5) is 10.6. The van der Waals surface area contributed by atoms with E-state index in [9.17, 15) is 0 Å². The Bertz CT molecular complexity index is 544. The normalized spacial score (nSPS) is 11.6. The summed E-state index contributed by atoms with van der Waals surface area (Å²) in [6.07, 6.45) is 5.69. The SMILES string of the molecule is CCCN(CCC)CCc1ccc2nc(CSC)[nH]c2c1. The first-order valence-corrected chi connectivity index (χ1v) is 9.35. The summed E-state index contributed by atoms with van der Waals surface area (Å²) in [5.41, 5.74) is 3.66. The van der Waals surface area contributed by atoms with Crippen LogP contribution < -0.4 is 0 Å². The molecule has 116 valence electrons. The number of nitrogens with zero attached hydrogens (tertiary/aromatic N) is 2. The Balaban J connectivity index is 2.01. The summed E-state index contributed by atoms with van der Waals surface area (Å²) >= 11 is 1.80. The quantitative estimate of drug-likeness (QED) is 0.757. The standard InChI is InChI=1S/C17H27N3S/c1-4-9-20(10-5-2)11-8-14-6-7-15-16(12-14)19-17(18-15)13-21-3/h6-7,12H,4-5,8-11,13H2,1-3H3,(H,18,19). The van der Waals surface area contributed by atoms with Crippen molar-refractivity contribution in [3.63, 3.8) is 0 Å². The lowest BCUT2D eigenvalue weighted by atomic mass is 10.1. The van der Waals surface area contributed by atoms with E-state index in [2.05, 4.69) is 53.2 Å². The van der Waals surface area contributed by atoms with Gasteiger partial charge in [0, 0.05) is 6.54 Å². The first-order valence-electron chi connectivity index (χ1n) is 7.95. The zero-order valence-corrected chi connectivity index (χ0v) is 14.3. The number of hydrogen-bond acceptors (Lipinski definition) is 3. The van der Waals surface area contributed by atoms with Gasteiger partial charge in [-0.05, 0) is 56.3 Å². The third-order valence-electron chi connectivity index (χ3n) is 3.67. The smallest absolute Gasteiger partial charge is 0.117 e. The maximum Gasteiger partial charge on any atom is 0.117 e. The highest BCUT2D eigenvalue weighted by molar-refractivity contribution is 7.97. The summed E-state index contributed by atoms with van der Waals surface area (Å²) in [5, 5.41) is 0. The molecule has 3 nitrogen and oxygen atoms in total. The number of fused-ring (bicyclic) bond motifs is 1. The van der Waals surface area contributed by atoms with E-state index in [4.69, 9.17) is 0 Å². The van der Waals surface area contributed by atoms with Gasteiger partial charge in [-0.25, -0.2) is 4.98 Å². The number of hydrogen-bond donors (Lipinski definition) is 1. The van der Waals surface area contributed by atoms with Gasteiger partial charge >= 0.3 is 0 Å². The molecule has 0 spiro atoms. The van der Waals surface area contributed by atoms with Crippen molar-refractivity contribution in [2.75, 3.05) is 25.9 Å². The second kappa shape index (κ2) is 8.44. The Morgan fingerprint density at radius 2 is 1.90 bits per heavy atom. The van der Waals surface area contributed by atoms with Gasteiger partial charge in [0.15, 0.2) is 0 Å². The van der Waals surface area contributed by atoms with E-state index in [0.717, 1.165) is 30.1 Å². The number of nitrogens with one attached hydrogen (secondary N) is 1. The number of H-pyrrole nitrogens is 1. The van der Waals surface area contributed by atoms with Crippen LogP contribution in [0.25, 0.3) is 11.0 Å². The minimum atomic E-state index is 0.949. The molecule has 0 aliphatic rings. The topological polar surface area (TPSA) is 31.9 Å². The lowest BCUT2D eigenvalue weighted by Gasteiger charge is -2.20. The van der Waals surface area contributed by atoms with Crippen LogP contribution in [-0.4, -0.2) is 40.8 Å². The van der Waals surface area contributed by atoms with Gasteiger partial charge in [-0.15, -0.1) is 0 Å². The molecule has 2 aromatic rings. The Kier molecular flexibility index (Phi) is 6.58. The van der Waals surface area contributed by atoms with Crippen LogP contribution in [0.3, 0.4) is 0 Å². The number of imidazole rings is 1. The summed E-state index contributed by atoms with van der Waals surface area (Å²) < 4.78 is 0. The molecule has 1 N–H and O–H groups in total. The summed E-state index contributed by atoms with van der Waals surface area (Å²) in [6, 6.07) is 6.64. The van der Waals surface area contributed by atoms with E-state index in [0.29, 0.717) is 0 Å². The first-order chi connectivity index (χ1) is 10.3. The minimum Gasteiger partial charge on any atom is -0.341 e. The average Bonchev–Trinajstić information content (AvgIpc) is 2.87. The lowest BCUT2D eigenvalue weighted by Crippen LogP contribution is -2.27. The molecule has 0 radical (unpaired) electrons. The van der Waals surface area contributed by atoms with Crippen molar-refractivity contribution in [3.8, 4) is 0 Å². The van der Waals surface area contributed by atoms with Crippen LogP contribution in [0, 0.1) is 0 Å². The van der Waals surface area contributed by atoms with Crippen LogP contribution in [0.2, 0.25) is 0 Å². The second-order valence-electron chi connectivity index (χ2n) is 5.56. The first kappa shape index (κ1) is 16.4. The predicted octanol–water partition coefficient (Wildman–Crippen LogP) is 4.09. The van der Waals surface area contributed by atoms with Crippen molar-refractivity contribution in [2.45, 2.75) is 38.9 Å². The van der Waals surface area contributed by atoms with E-state index in [1.165, 1.54) is 37.0 Å². The van der Waals surface area contributed by atoms with E-state index >= 15 is 0 Å². The monoisotopic (exact) mass is 305 g/mol. The summed E-state index contributed by atoms with van der Waals surface area (Å²) in [5.74, 6) is 2.03. The van der Waals surface area contributed by atoms with Crippen molar-refractivity contribution < 1.29 is 0 Å². The molecule has 0 bridgehead atoms. The molecule has 0 aliphatic heterocycles. The molecule has 0 fully saturated rings. The van der Waals surface area contributed by atoms with Gasteiger partial charge in [-0.1, -0.05) is 19.9 Å². The van der Waals surface area contributed by atoms with Gasteiger partial charge in [-0.3, -0.25) is 0 Å². The van der Waals surface area contributed by atoms with Gasteiger partial charge in [0.2, 0.25) is 0 Å². The van der Waals surface area contributed by atoms with Gasteiger partial charge < -0.3 is 9.88 Å². The molecule has 0 aliphatic carbocycles. The molecule has 1 aromatic heterocycles. The highest BCUT2D eigenvalue weighted by Crippen LogP contribution is 2.16. The molecule has 0 unspecified atom stereocenters. The highest BCUT2D eigenvalue weighted by Gasteiger charge is 2.06. The zero-order chi connectivity index (χ0) is 15.1. The largest absolute Gasteiger partial charge is 0.341 e. The van der Waals surface area contributed by atoms with Crippen LogP contribution in [0.4, 0.5) is 0 Å². The molecule has 0 atom stereocenters. The Hall–Kier alpha value is -1.00. The molecule has 1 aromatic carbocycles. The second-order valence-corrected chi connectivity index (χ2v) is 6.43. The van der Waals surface area contributed by atoms with Crippen LogP contribution in [0.5, 0.6) is 0 Å². The van der Waals surface area contributed by atoms with Crippen molar-refractivity contribution in [1.29, 1.82) is 0 Å². The fourth-order valence-electron chi connectivity index (χ4n) is 2.73. The Morgan fingerprint density at radius 1 is 1.14 bits per heavy atom. The molecular weight excluding hydrogens is 278 g/mol. The molecule has 1 heterocycles. The minimum absolute atomic E-state index is 0.949. The van der Waals surface area contributed by atoms with E-state index in [-0.39, 0.29) is 0 Å². The van der Waals surface area contributed by atoms with Crippen LogP contribution in [0.1, 0.15) is 38.1 Å². The zero-order valence-electron chi connectivity index (χ0n) is 13.5. The Labute approximate surface area is 132 Å². The van der Waals surface area contributed by atoms with Gasteiger partial charge in [0.1, 0.15) is 5.82 Å². The van der Waals surface area contributed by atoms with Crippen LogP contribution in [0.15, 0.2) is 18.2 Å². The Morgan fingerprint density at radius 3 is 2.57 bits per heavy atom. The van der Waals surface area contributed by atoms with Crippen LogP contribution >= 0.6 is 11.8 Å². The predicted molar refractivity (Wildman–Crippen MR) is 94.0 cm³/mol. The molecule has 0 saturated heterocycles.